The van der Waals surface area contributed by atoms with Crippen LogP contribution in [0, 0.1) is 0 Å². The number of nitrogens with zero attached hydrogens (tertiary/aromatic N) is 2. The van der Waals surface area contributed by atoms with Gasteiger partial charge in [0.15, 0.2) is 0 Å². The number of hydrogen-bond acceptors (Lipinski definition) is 4. The van der Waals surface area contributed by atoms with Crippen molar-refractivity contribution in [2.24, 2.45) is 0 Å². The van der Waals surface area contributed by atoms with E-state index in [1.165, 1.54) is 0 Å². The summed E-state index contributed by atoms with van der Waals surface area (Å²) in [7, 11) is 2.02. The van der Waals surface area contributed by atoms with Crippen molar-refractivity contribution in [1.82, 2.24) is 15.1 Å². The van der Waals surface area contributed by atoms with E-state index in [4.69, 9.17) is 4.74 Å². The van der Waals surface area contributed by atoms with Gasteiger partial charge in [0.1, 0.15) is 5.54 Å². The molecule has 2 saturated heterocycles. The second-order valence-corrected chi connectivity index (χ2v) is 5.18. The molecular formula is C11H19N3O3. The van der Waals surface area contributed by atoms with Crippen LogP contribution in [0.25, 0.3) is 0 Å². The summed E-state index contributed by atoms with van der Waals surface area (Å²) in [6, 6.07) is -0.322. The number of amides is 3. The normalized spacial score (nSPS) is 29.6. The fourth-order valence-corrected chi connectivity index (χ4v) is 2.19. The van der Waals surface area contributed by atoms with Crippen LogP contribution in [0.5, 0.6) is 0 Å². The van der Waals surface area contributed by atoms with Crippen molar-refractivity contribution < 1.29 is 14.3 Å². The van der Waals surface area contributed by atoms with E-state index < -0.39 is 5.54 Å². The van der Waals surface area contributed by atoms with Crippen molar-refractivity contribution in [3.8, 4) is 0 Å². The lowest BCUT2D eigenvalue weighted by molar-refractivity contribution is -0.125. The minimum absolute atomic E-state index is 0.0234. The monoisotopic (exact) mass is 241 g/mol. The van der Waals surface area contributed by atoms with Crippen LogP contribution in [0.2, 0.25) is 0 Å². The van der Waals surface area contributed by atoms with Gasteiger partial charge in [-0.1, -0.05) is 0 Å². The smallest absolute Gasteiger partial charge is 0.325 e. The molecule has 0 spiro atoms. The van der Waals surface area contributed by atoms with Gasteiger partial charge >= 0.3 is 6.03 Å². The quantitative estimate of drug-likeness (QED) is 0.671. The summed E-state index contributed by atoms with van der Waals surface area (Å²) in [4.78, 5) is 27.0. The van der Waals surface area contributed by atoms with Gasteiger partial charge in [-0.15, -0.1) is 0 Å². The molecule has 0 saturated carbocycles. The van der Waals surface area contributed by atoms with Crippen molar-refractivity contribution in [3.05, 3.63) is 0 Å². The van der Waals surface area contributed by atoms with Gasteiger partial charge in [0.05, 0.1) is 19.3 Å². The zero-order valence-corrected chi connectivity index (χ0v) is 10.5. The molecule has 2 fully saturated rings. The predicted molar refractivity (Wildman–Crippen MR) is 61.6 cm³/mol. The molecule has 1 unspecified atom stereocenters. The highest BCUT2D eigenvalue weighted by Gasteiger charge is 2.46. The first-order valence-electron chi connectivity index (χ1n) is 5.84. The highest BCUT2D eigenvalue weighted by atomic mass is 16.5. The van der Waals surface area contributed by atoms with Crippen LogP contribution >= 0.6 is 0 Å². The first-order chi connectivity index (χ1) is 7.91. The Morgan fingerprint density at radius 2 is 2.18 bits per heavy atom. The summed E-state index contributed by atoms with van der Waals surface area (Å²) in [6.45, 7) is 6.32. The summed E-state index contributed by atoms with van der Waals surface area (Å²) < 4.78 is 5.61. The maximum Gasteiger partial charge on any atom is 0.325 e. The fourth-order valence-electron chi connectivity index (χ4n) is 2.19. The molecule has 17 heavy (non-hydrogen) atoms. The molecule has 2 heterocycles. The third-order valence-corrected chi connectivity index (χ3v) is 3.42. The lowest BCUT2D eigenvalue weighted by atomic mass is 10.0. The van der Waals surface area contributed by atoms with E-state index in [2.05, 4.69) is 10.2 Å². The Kier molecular flexibility index (Phi) is 3.09. The zero-order chi connectivity index (χ0) is 12.6. The van der Waals surface area contributed by atoms with Crippen LogP contribution in [-0.4, -0.2) is 66.7 Å². The highest BCUT2D eigenvalue weighted by Crippen LogP contribution is 2.22. The van der Waals surface area contributed by atoms with Gasteiger partial charge in [-0.2, -0.15) is 0 Å². The SMILES string of the molecule is CN1CCOC(CN2C(=O)NC(=O)C2(C)C)C1. The average molecular weight is 241 g/mol. The Morgan fingerprint density at radius 1 is 1.47 bits per heavy atom. The molecule has 6 heteroatoms. The van der Waals surface area contributed by atoms with E-state index in [0.717, 1.165) is 13.1 Å². The third kappa shape index (κ3) is 2.28. The Morgan fingerprint density at radius 3 is 2.71 bits per heavy atom. The molecule has 0 bridgehead atoms. The molecule has 96 valence electrons. The lowest BCUT2D eigenvalue weighted by Gasteiger charge is -2.35. The van der Waals surface area contributed by atoms with Gasteiger partial charge < -0.3 is 14.5 Å². The molecule has 2 aliphatic rings. The van der Waals surface area contributed by atoms with Crippen molar-refractivity contribution in [3.63, 3.8) is 0 Å². The Labute approximate surface area is 101 Å². The van der Waals surface area contributed by atoms with Crippen LogP contribution in [0.15, 0.2) is 0 Å². The molecule has 3 amide bonds. The summed E-state index contributed by atoms with van der Waals surface area (Å²) in [5, 5.41) is 2.34. The number of ether oxygens (including phenoxy) is 1. The number of rotatable bonds is 2. The van der Waals surface area contributed by atoms with Crippen LogP contribution in [-0.2, 0) is 9.53 Å². The largest absolute Gasteiger partial charge is 0.374 e. The Bertz CT molecular complexity index is 343. The number of hydrogen-bond donors (Lipinski definition) is 1. The Balaban J connectivity index is 2.02. The van der Waals surface area contributed by atoms with E-state index in [-0.39, 0.29) is 18.0 Å². The van der Waals surface area contributed by atoms with Crippen molar-refractivity contribution in [2.75, 3.05) is 33.3 Å². The van der Waals surface area contributed by atoms with Crippen LogP contribution in [0.1, 0.15) is 13.8 Å². The fraction of sp³-hybridized carbons (Fsp3) is 0.818. The molecule has 2 aliphatic heterocycles. The molecule has 6 nitrogen and oxygen atoms in total. The van der Waals surface area contributed by atoms with Crippen LogP contribution in [0.4, 0.5) is 4.79 Å². The van der Waals surface area contributed by atoms with E-state index in [1.807, 2.05) is 7.05 Å². The minimum atomic E-state index is -0.781. The average Bonchev–Trinajstić information content (AvgIpc) is 2.42. The number of likely N-dealkylation sites (N-methyl/N-ethyl adjacent to an activating group) is 1. The maximum atomic E-state index is 11.7. The highest BCUT2D eigenvalue weighted by molar-refractivity contribution is 6.06. The topological polar surface area (TPSA) is 61.9 Å². The molecule has 0 radical (unpaired) electrons. The first kappa shape index (κ1) is 12.3. The van der Waals surface area contributed by atoms with Gasteiger partial charge in [-0.3, -0.25) is 10.1 Å². The number of imide groups is 1. The van der Waals surface area contributed by atoms with Crippen molar-refractivity contribution in [2.45, 2.75) is 25.5 Å². The molecule has 2 rings (SSSR count). The molecule has 0 aliphatic carbocycles. The van der Waals surface area contributed by atoms with E-state index in [0.29, 0.717) is 13.2 Å². The first-order valence-corrected chi connectivity index (χ1v) is 5.84. The maximum absolute atomic E-state index is 11.7. The van der Waals surface area contributed by atoms with Crippen LogP contribution < -0.4 is 5.32 Å². The second-order valence-electron chi connectivity index (χ2n) is 5.18. The van der Waals surface area contributed by atoms with Gasteiger partial charge in [-0.05, 0) is 20.9 Å². The second kappa shape index (κ2) is 4.27. The molecule has 1 atom stereocenters. The number of carbonyl (C=O) groups is 2. The van der Waals surface area contributed by atoms with Gasteiger partial charge in [0.25, 0.3) is 5.91 Å². The number of urea groups is 1. The summed E-state index contributed by atoms with van der Waals surface area (Å²) in [6.07, 6.45) is -0.0234. The summed E-state index contributed by atoms with van der Waals surface area (Å²) in [5.74, 6) is -0.244. The molecule has 0 aromatic heterocycles. The third-order valence-electron chi connectivity index (χ3n) is 3.42. The van der Waals surface area contributed by atoms with Crippen molar-refractivity contribution >= 4 is 11.9 Å². The van der Waals surface area contributed by atoms with E-state index >= 15 is 0 Å². The Hall–Kier alpha value is -1.14. The number of carbonyl (C=O) groups excluding carboxylic acids is 2. The van der Waals surface area contributed by atoms with Gasteiger partial charge in [-0.25, -0.2) is 4.79 Å². The van der Waals surface area contributed by atoms with Gasteiger partial charge in [0.2, 0.25) is 0 Å². The van der Waals surface area contributed by atoms with Gasteiger partial charge in [0, 0.05) is 13.1 Å². The lowest BCUT2D eigenvalue weighted by Crippen LogP contribution is -2.52. The molecule has 1 N–H and O–H groups in total. The summed E-state index contributed by atoms with van der Waals surface area (Å²) >= 11 is 0. The van der Waals surface area contributed by atoms with E-state index in [1.54, 1.807) is 18.7 Å². The zero-order valence-electron chi connectivity index (χ0n) is 10.5. The summed E-state index contributed by atoms with van der Waals surface area (Å²) in [5.41, 5.74) is -0.781. The van der Waals surface area contributed by atoms with E-state index in [9.17, 15) is 9.59 Å². The predicted octanol–water partition coefficient (Wildman–Crippen LogP) is -0.353. The number of nitrogens with one attached hydrogen (secondary N) is 1. The number of morpholine rings is 1. The molecular weight excluding hydrogens is 222 g/mol. The van der Waals surface area contributed by atoms with Crippen molar-refractivity contribution in [1.29, 1.82) is 0 Å². The van der Waals surface area contributed by atoms with Crippen LogP contribution in [0.3, 0.4) is 0 Å². The molecule has 0 aromatic carbocycles. The minimum Gasteiger partial charge on any atom is -0.374 e. The molecule has 0 aromatic rings. The standard InChI is InChI=1S/C11H19N3O3/c1-11(2)9(15)12-10(16)14(11)7-8-6-13(3)4-5-17-8/h8H,4-7H2,1-3H3,(H,12,15,16).